The number of ether oxygens (including phenoxy) is 3. The molecule has 6 nitrogen and oxygen atoms in total. The Kier molecular flexibility index (Phi) is 6.68. The molecule has 2 aromatic carbocycles. The maximum Gasteiger partial charge on any atom is 0.344 e. The Morgan fingerprint density at radius 1 is 0.963 bits per heavy atom. The summed E-state index contributed by atoms with van der Waals surface area (Å²) in [5.41, 5.74) is 1.09. The Morgan fingerprint density at radius 2 is 1.67 bits per heavy atom. The van der Waals surface area contributed by atoms with E-state index in [1.807, 2.05) is 30.3 Å². The van der Waals surface area contributed by atoms with Crippen LogP contribution in [0.4, 0.5) is 0 Å². The molecule has 0 atom stereocenters. The summed E-state index contributed by atoms with van der Waals surface area (Å²) in [5.74, 6) is 0.959. The van der Waals surface area contributed by atoms with Crippen LogP contribution in [0.15, 0.2) is 54.6 Å². The van der Waals surface area contributed by atoms with Crippen molar-refractivity contribution >= 4 is 11.9 Å². The topological polar surface area (TPSA) is 65.1 Å². The van der Waals surface area contributed by atoms with Gasteiger partial charge in [0.15, 0.2) is 6.61 Å². The molecule has 1 amide bonds. The van der Waals surface area contributed by atoms with Crippen molar-refractivity contribution in [2.45, 2.75) is 19.4 Å². The van der Waals surface area contributed by atoms with Gasteiger partial charge in [-0.3, -0.25) is 4.79 Å². The first-order valence-corrected chi connectivity index (χ1v) is 9.04. The van der Waals surface area contributed by atoms with Gasteiger partial charge in [-0.15, -0.1) is 0 Å². The number of nitrogens with zero attached hydrogens (tertiary/aromatic N) is 1. The zero-order chi connectivity index (χ0) is 18.9. The molecular formula is C21H23NO5. The number of hydrogen-bond donors (Lipinski definition) is 0. The molecule has 6 heteroatoms. The molecule has 0 radical (unpaired) electrons. The van der Waals surface area contributed by atoms with Crippen LogP contribution in [0, 0.1) is 0 Å². The quantitative estimate of drug-likeness (QED) is 0.636. The first-order chi connectivity index (χ1) is 13.2. The Labute approximate surface area is 158 Å². The Bertz CT molecular complexity index is 745. The third-order valence-electron chi connectivity index (χ3n) is 4.22. The largest absolute Gasteiger partial charge is 0.489 e. The number of amides is 1. The van der Waals surface area contributed by atoms with Crippen LogP contribution in [0.2, 0.25) is 0 Å². The minimum atomic E-state index is -0.453. The molecular weight excluding hydrogens is 346 g/mol. The van der Waals surface area contributed by atoms with E-state index in [-0.39, 0.29) is 19.1 Å². The molecule has 1 aliphatic heterocycles. The number of carbonyl (C=O) groups is 2. The second-order valence-electron chi connectivity index (χ2n) is 6.24. The molecule has 142 valence electrons. The highest BCUT2D eigenvalue weighted by Gasteiger charge is 2.19. The van der Waals surface area contributed by atoms with E-state index in [0.717, 1.165) is 24.3 Å². The van der Waals surface area contributed by atoms with Crippen LogP contribution >= 0.6 is 0 Å². The summed E-state index contributed by atoms with van der Waals surface area (Å²) >= 11 is 0. The number of benzene rings is 2. The molecule has 1 aliphatic rings. The minimum Gasteiger partial charge on any atom is -0.489 e. The molecule has 1 heterocycles. The van der Waals surface area contributed by atoms with Gasteiger partial charge in [0, 0.05) is 13.0 Å². The Hall–Kier alpha value is -3.02. The lowest BCUT2D eigenvalue weighted by atomic mass is 10.2. The number of esters is 1. The highest BCUT2D eigenvalue weighted by Crippen LogP contribution is 2.18. The summed E-state index contributed by atoms with van der Waals surface area (Å²) in [7, 11) is 0. The molecule has 0 unspecified atom stereocenters. The third-order valence-corrected chi connectivity index (χ3v) is 4.22. The maximum absolute atomic E-state index is 11.7. The van der Waals surface area contributed by atoms with Crippen molar-refractivity contribution in [2.75, 3.05) is 26.3 Å². The van der Waals surface area contributed by atoms with Gasteiger partial charge in [0.2, 0.25) is 5.91 Å². The highest BCUT2D eigenvalue weighted by atomic mass is 16.6. The summed E-state index contributed by atoms with van der Waals surface area (Å²) in [6, 6.07) is 17.0. The van der Waals surface area contributed by atoms with Gasteiger partial charge < -0.3 is 19.1 Å². The predicted molar refractivity (Wildman–Crippen MR) is 99.5 cm³/mol. The third kappa shape index (κ3) is 6.02. The van der Waals surface area contributed by atoms with Gasteiger partial charge in [0.1, 0.15) is 24.7 Å². The van der Waals surface area contributed by atoms with Gasteiger partial charge in [0.05, 0.1) is 6.54 Å². The lowest BCUT2D eigenvalue weighted by molar-refractivity contribution is -0.147. The van der Waals surface area contributed by atoms with Gasteiger partial charge >= 0.3 is 5.97 Å². The van der Waals surface area contributed by atoms with Gasteiger partial charge in [-0.05, 0) is 36.2 Å². The fourth-order valence-electron chi connectivity index (χ4n) is 2.77. The molecule has 1 fully saturated rings. The molecule has 0 aliphatic carbocycles. The minimum absolute atomic E-state index is 0.122. The maximum atomic E-state index is 11.7. The van der Waals surface area contributed by atoms with E-state index in [0.29, 0.717) is 25.3 Å². The summed E-state index contributed by atoms with van der Waals surface area (Å²) in [6.45, 7) is 1.70. The Balaban J connectivity index is 1.34. The lowest BCUT2D eigenvalue weighted by Crippen LogP contribution is -2.30. The van der Waals surface area contributed by atoms with Crippen molar-refractivity contribution < 1.29 is 23.8 Å². The molecule has 0 saturated carbocycles. The second-order valence-corrected chi connectivity index (χ2v) is 6.24. The van der Waals surface area contributed by atoms with E-state index in [9.17, 15) is 9.59 Å². The van der Waals surface area contributed by atoms with Crippen LogP contribution < -0.4 is 9.47 Å². The van der Waals surface area contributed by atoms with E-state index >= 15 is 0 Å². The number of rotatable bonds is 9. The molecule has 2 aromatic rings. The summed E-state index contributed by atoms with van der Waals surface area (Å²) in [6.07, 6.45) is 1.46. The first-order valence-electron chi connectivity index (χ1n) is 9.04. The van der Waals surface area contributed by atoms with Gasteiger partial charge in [-0.25, -0.2) is 4.79 Å². The van der Waals surface area contributed by atoms with Crippen molar-refractivity contribution in [2.24, 2.45) is 0 Å². The summed E-state index contributed by atoms with van der Waals surface area (Å²) in [4.78, 5) is 24.9. The van der Waals surface area contributed by atoms with Crippen molar-refractivity contribution in [3.05, 3.63) is 60.2 Å². The van der Waals surface area contributed by atoms with Crippen LogP contribution in [0.1, 0.15) is 18.4 Å². The molecule has 27 heavy (non-hydrogen) atoms. The molecule has 0 N–H and O–H groups in total. The van der Waals surface area contributed by atoms with Crippen molar-refractivity contribution in [3.8, 4) is 11.5 Å². The summed E-state index contributed by atoms with van der Waals surface area (Å²) < 4.78 is 16.2. The molecule has 1 saturated heterocycles. The van der Waals surface area contributed by atoms with Crippen LogP contribution in [-0.4, -0.2) is 43.1 Å². The fraction of sp³-hybridized carbons (Fsp3) is 0.333. The lowest BCUT2D eigenvalue weighted by Gasteiger charge is -2.15. The monoisotopic (exact) mass is 369 g/mol. The normalized spacial score (nSPS) is 13.5. The van der Waals surface area contributed by atoms with E-state index < -0.39 is 5.97 Å². The van der Waals surface area contributed by atoms with Crippen LogP contribution in [0.5, 0.6) is 11.5 Å². The van der Waals surface area contributed by atoms with Crippen molar-refractivity contribution in [1.29, 1.82) is 0 Å². The van der Waals surface area contributed by atoms with E-state index in [1.165, 1.54) is 0 Å². The van der Waals surface area contributed by atoms with Crippen LogP contribution in [0.3, 0.4) is 0 Å². The standard InChI is InChI=1S/C21H23NO5/c23-20-7-4-12-22(20)13-14-25-21(24)16-27-19-10-8-18(9-11-19)26-15-17-5-2-1-3-6-17/h1-3,5-6,8-11H,4,7,12-16H2. The SMILES string of the molecule is O=C(COc1ccc(OCc2ccccc2)cc1)OCCN1CCCC1=O. The van der Waals surface area contributed by atoms with Gasteiger partial charge in [-0.1, -0.05) is 30.3 Å². The van der Waals surface area contributed by atoms with Crippen LogP contribution in [-0.2, 0) is 20.9 Å². The fourth-order valence-corrected chi connectivity index (χ4v) is 2.77. The average Bonchev–Trinajstić information content (AvgIpc) is 3.11. The summed E-state index contributed by atoms with van der Waals surface area (Å²) in [5, 5.41) is 0. The van der Waals surface area contributed by atoms with Gasteiger partial charge in [-0.2, -0.15) is 0 Å². The molecule has 0 spiro atoms. The van der Waals surface area contributed by atoms with E-state index in [1.54, 1.807) is 29.2 Å². The molecule has 3 rings (SSSR count). The molecule has 0 aromatic heterocycles. The van der Waals surface area contributed by atoms with Crippen molar-refractivity contribution in [1.82, 2.24) is 4.90 Å². The Morgan fingerprint density at radius 3 is 2.33 bits per heavy atom. The zero-order valence-electron chi connectivity index (χ0n) is 15.1. The van der Waals surface area contributed by atoms with Crippen molar-refractivity contribution in [3.63, 3.8) is 0 Å². The van der Waals surface area contributed by atoms with Crippen LogP contribution in [0.25, 0.3) is 0 Å². The van der Waals surface area contributed by atoms with E-state index in [2.05, 4.69) is 0 Å². The molecule has 0 bridgehead atoms. The van der Waals surface area contributed by atoms with E-state index in [4.69, 9.17) is 14.2 Å². The number of carbonyl (C=O) groups excluding carboxylic acids is 2. The zero-order valence-corrected chi connectivity index (χ0v) is 15.1. The average molecular weight is 369 g/mol. The number of hydrogen-bond acceptors (Lipinski definition) is 5. The smallest absolute Gasteiger partial charge is 0.344 e. The predicted octanol–water partition coefficient (Wildman–Crippen LogP) is 2.81. The highest BCUT2D eigenvalue weighted by molar-refractivity contribution is 5.78. The second kappa shape index (κ2) is 9.62. The van der Waals surface area contributed by atoms with Gasteiger partial charge in [0.25, 0.3) is 0 Å². The first kappa shape index (κ1) is 18.8. The number of likely N-dealkylation sites (tertiary alicyclic amines) is 1.